The highest BCUT2D eigenvalue weighted by Crippen LogP contribution is 2.35. The summed E-state index contributed by atoms with van der Waals surface area (Å²) in [6.45, 7) is 1.99. The standard InChI is InChI=1S/C19H18F2N2/c20-14-3-1-13(2-4-14)18-12-23(16-7-9-22-10-8-16)19-6-5-15(21)11-17(18)19/h1-6,11-12,16,22H,7-10H2. The molecule has 0 radical (unpaired) electrons. The van der Waals surface area contributed by atoms with E-state index in [4.69, 9.17) is 0 Å². The fraction of sp³-hybridized carbons (Fsp3) is 0.263. The van der Waals surface area contributed by atoms with Crippen LogP contribution in [0.2, 0.25) is 0 Å². The molecule has 0 spiro atoms. The molecular weight excluding hydrogens is 294 g/mol. The van der Waals surface area contributed by atoms with E-state index >= 15 is 0 Å². The van der Waals surface area contributed by atoms with Crippen molar-refractivity contribution in [3.8, 4) is 11.1 Å². The number of rotatable bonds is 2. The topological polar surface area (TPSA) is 17.0 Å². The van der Waals surface area contributed by atoms with E-state index in [0.29, 0.717) is 6.04 Å². The van der Waals surface area contributed by atoms with Gasteiger partial charge in [-0.1, -0.05) is 12.1 Å². The summed E-state index contributed by atoms with van der Waals surface area (Å²) in [7, 11) is 0. The lowest BCUT2D eigenvalue weighted by Crippen LogP contribution is -2.29. The lowest BCUT2D eigenvalue weighted by atomic mass is 10.0. The Hall–Kier alpha value is -2.20. The summed E-state index contributed by atoms with van der Waals surface area (Å²) in [6, 6.07) is 11.7. The van der Waals surface area contributed by atoms with Gasteiger partial charge in [0, 0.05) is 28.7 Å². The number of hydrogen-bond donors (Lipinski definition) is 1. The van der Waals surface area contributed by atoms with Gasteiger partial charge in [0.2, 0.25) is 0 Å². The molecule has 1 aromatic heterocycles. The molecule has 0 amide bonds. The van der Waals surface area contributed by atoms with Crippen LogP contribution in [0, 0.1) is 11.6 Å². The summed E-state index contributed by atoms with van der Waals surface area (Å²) >= 11 is 0. The van der Waals surface area contributed by atoms with Gasteiger partial charge >= 0.3 is 0 Å². The molecule has 4 rings (SSSR count). The number of fused-ring (bicyclic) bond motifs is 1. The summed E-state index contributed by atoms with van der Waals surface area (Å²) in [4.78, 5) is 0. The average molecular weight is 312 g/mol. The van der Waals surface area contributed by atoms with Crippen LogP contribution >= 0.6 is 0 Å². The lowest BCUT2D eigenvalue weighted by Gasteiger charge is -2.25. The molecule has 2 aromatic carbocycles. The van der Waals surface area contributed by atoms with Gasteiger partial charge in [0.05, 0.1) is 0 Å². The minimum Gasteiger partial charge on any atom is -0.344 e. The molecule has 1 fully saturated rings. The highest BCUT2D eigenvalue weighted by molar-refractivity contribution is 5.96. The lowest BCUT2D eigenvalue weighted by molar-refractivity contribution is 0.376. The van der Waals surface area contributed by atoms with Crippen molar-refractivity contribution in [3.05, 3.63) is 60.3 Å². The molecule has 0 aliphatic carbocycles. The van der Waals surface area contributed by atoms with E-state index in [9.17, 15) is 8.78 Å². The van der Waals surface area contributed by atoms with Gasteiger partial charge < -0.3 is 9.88 Å². The van der Waals surface area contributed by atoms with Gasteiger partial charge in [-0.2, -0.15) is 0 Å². The molecule has 2 heterocycles. The van der Waals surface area contributed by atoms with Crippen LogP contribution in [0.15, 0.2) is 48.7 Å². The first-order chi connectivity index (χ1) is 11.2. The number of benzene rings is 2. The van der Waals surface area contributed by atoms with Crippen LogP contribution in [0.4, 0.5) is 8.78 Å². The second kappa shape index (κ2) is 5.78. The maximum atomic E-state index is 13.8. The molecule has 1 aliphatic heterocycles. The SMILES string of the molecule is Fc1ccc(-c2cn(C3CCNCC3)c3ccc(F)cc23)cc1. The largest absolute Gasteiger partial charge is 0.344 e. The normalized spacial score (nSPS) is 16.1. The van der Waals surface area contributed by atoms with Crippen molar-refractivity contribution in [1.29, 1.82) is 0 Å². The molecule has 3 aromatic rings. The molecule has 2 nitrogen and oxygen atoms in total. The third-order valence-corrected chi connectivity index (χ3v) is 4.65. The van der Waals surface area contributed by atoms with Gasteiger partial charge in [-0.05, 0) is 61.8 Å². The van der Waals surface area contributed by atoms with Gasteiger partial charge in [0.1, 0.15) is 11.6 Å². The third kappa shape index (κ3) is 2.63. The number of halogens is 2. The molecule has 0 unspecified atom stereocenters. The Labute approximate surface area is 133 Å². The summed E-state index contributed by atoms with van der Waals surface area (Å²) in [5.74, 6) is -0.508. The second-order valence-corrected chi connectivity index (χ2v) is 6.10. The number of hydrogen-bond acceptors (Lipinski definition) is 1. The zero-order valence-corrected chi connectivity index (χ0v) is 12.7. The zero-order valence-electron chi connectivity index (χ0n) is 12.7. The first kappa shape index (κ1) is 14.4. The number of piperidine rings is 1. The highest BCUT2D eigenvalue weighted by atomic mass is 19.1. The average Bonchev–Trinajstić information content (AvgIpc) is 2.95. The van der Waals surface area contributed by atoms with Crippen LogP contribution in [-0.2, 0) is 0 Å². The summed E-state index contributed by atoms with van der Waals surface area (Å²) < 4.78 is 29.2. The Kier molecular flexibility index (Phi) is 3.62. The van der Waals surface area contributed by atoms with Crippen LogP contribution in [0.5, 0.6) is 0 Å². The molecule has 1 saturated heterocycles. The number of aromatic nitrogens is 1. The van der Waals surface area contributed by atoms with Crippen molar-refractivity contribution in [2.45, 2.75) is 18.9 Å². The fourth-order valence-corrected chi connectivity index (χ4v) is 3.47. The van der Waals surface area contributed by atoms with Crippen LogP contribution in [0.3, 0.4) is 0 Å². The minimum atomic E-state index is -0.262. The molecule has 4 heteroatoms. The van der Waals surface area contributed by atoms with Crippen molar-refractivity contribution in [3.63, 3.8) is 0 Å². The Bertz CT molecular complexity index is 830. The van der Waals surface area contributed by atoms with Gasteiger partial charge in [-0.15, -0.1) is 0 Å². The molecule has 1 aliphatic rings. The third-order valence-electron chi connectivity index (χ3n) is 4.65. The van der Waals surface area contributed by atoms with E-state index in [1.807, 2.05) is 6.07 Å². The number of nitrogens with zero attached hydrogens (tertiary/aromatic N) is 1. The second-order valence-electron chi connectivity index (χ2n) is 6.10. The Balaban J connectivity index is 1.89. The van der Waals surface area contributed by atoms with Crippen molar-refractivity contribution in [2.75, 3.05) is 13.1 Å². The van der Waals surface area contributed by atoms with E-state index in [-0.39, 0.29) is 11.6 Å². The maximum absolute atomic E-state index is 13.8. The van der Waals surface area contributed by atoms with E-state index in [1.165, 1.54) is 18.2 Å². The van der Waals surface area contributed by atoms with Gasteiger partial charge in [-0.3, -0.25) is 0 Å². The predicted octanol–water partition coefficient (Wildman–Crippen LogP) is 4.51. The van der Waals surface area contributed by atoms with Gasteiger partial charge in [0.15, 0.2) is 0 Å². The van der Waals surface area contributed by atoms with E-state index in [0.717, 1.165) is 48.0 Å². The van der Waals surface area contributed by atoms with Crippen molar-refractivity contribution in [2.24, 2.45) is 0 Å². The molecule has 118 valence electrons. The van der Waals surface area contributed by atoms with Gasteiger partial charge in [0.25, 0.3) is 0 Å². The summed E-state index contributed by atoms with van der Waals surface area (Å²) in [5.41, 5.74) is 2.91. The minimum absolute atomic E-state index is 0.246. The first-order valence-corrected chi connectivity index (χ1v) is 7.99. The molecule has 0 atom stereocenters. The predicted molar refractivity (Wildman–Crippen MR) is 88.4 cm³/mol. The Morgan fingerprint density at radius 3 is 2.35 bits per heavy atom. The number of nitrogens with one attached hydrogen (secondary N) is 1. The monoisotopic (exact) mass is 312 g/mol. The quantitative estimate of drug-likeness (QED) is 0.736. The Morgan fingerprint density at radius 2 is 1.61 bits per heavy atom. The maximum Gasteiger partial charge on any atom is 0.123 e. The van der Waals surface area contributed by atoms with E-state index < -0.39 is 0 Å². The zero-order chi connectivity index (χ0) is 15.8. The Morgan fingerprint density at radius 1 is 0.913 bits per heavy atom. The van der Waals surface area contributed by atoms with Crippen LogP contribution < -0.4 is 5.32 Å². The summed E-state index contributed by atoms with van der Waals surface area (Å²) in [6.07, 6.45) is 4.21. The van der Waals surface area contributed by atoms with Crippen molar-refractivity contribution < 1.29 is 8.78 Å². The molecular formula is C19H18F2N2. The fourth-order valence-electron chi connectivity index (χ4n) is 3.47. The van der Waals surface area contributed by atoms with E-state index in [2.05, 4.69) is 16.1 Å². The summed E-state index contributed by atoms with van der Waals surface area (Å²) in [5, 5.41) is 4.26. The molecule has 0 saturated carbocycles. The first-order valence-electron chi connectivity index (χ1n) is 7.99. The smallest absolute Gasteiger partial charge is 0.123 e. The molecule has 1 N–H and O–H groups in total. The molecule has 0 bridgehead atoms. The van der Waals surface area contributed by atoms with Crippen LogP contribution in [0.1, 0.15) is 18.9 Å². The van der Waals surface area contributed by atoms with E-state index in [1.54, 1.807) is 18.2 Å². The van der Waals surface area contributed by atoms with Crippen LogP contribution in [0.25, 0.3) is 22.0 Å². The molecule has 23 heavy (non-hydrogen) atoms. The van der Waals surface area contributed by atoms with Crippen molar-refractivity contribution >= 4 is 10.9 Å². The van der Waals surface area contributed by atoms with Crippen LogP contribution in [-0.4, -0.2) is 17.7 Å². The van der Waals surface area contributed by atoms with Crippen molar-refractivity contribution in [1.82, 2.24) is 9.88 Å². The highest BCUT2D eigenvalue weighted by Gasteiger charge is 2.19. The van der Waals surface area contributed by atoms with Gasteiger partial charge in [-0.25, -0.2) is 8.78 Å².